The summed E-state index contributed by atoms with van der Waals surface area (Å²) in [6.07, 6.45) is 0. The maximum absolute atomic E-state index is 11.7. The third-order valence-corrected chi connectivity index (χ3v) is 4.30. The van der Waals surface area contributed by atoms with Gasteiger partial charge in [-0.2, -0.15) is 0 Å². The molecule has 5 heteroatoms. The van der Waals surface area contributed by atoms with Crippen LogP contribution in [0.2, 0.25) is 4.34 Å². The number of hydrogen-bond acceptors (Lipinski definition) is 3. The lowest BCUT2D eigenvalue weighted by Gasteiger charge is -2.17. The fourth-order valence-corrected chi connectivity index (χ4v) is 2.91. The summed E-state index contributed by atoms with van der Waals surface area (Å²) in [5, 5.41) is 8.10. The Balaban J connectivity index is 2.22. The zero-order chi connectivity index (χ0) is 14.7. The number of thiophene rings is 1. The third kappa shape index (κ3) is 3.32. The van der Waals surface area contributed by atoms with Gasteiger partial charge < -0.3 is 10.6 Å². The average Bonchev–Trinajstić information content (AvgIpc) is 2.87. The average molecular weight is 309 g/mol. The van der Waals surface area contributed by atoms with Crippen molar-refractivity contribution in [1.29, 1.82) is 0 Å². The lowest BCUT2D eigenvalue weighted by molar-refractivity contribution is 0.0963. The minimum atomic E-state index is -0.0840. The Bertz CT molecular complexity index is 624. The Hall–Kier alpha value is -1.52. The highest BCUT2D eigenvalue weighted by atomic mass is 35.5. The van der Waals surface area contributed by atoms with Gasteiger partial charge in [0.25, 0.3) is 5.91 Å². The predicted octanol–water partition coefficient (Wildman–Crippen LogP) is 4.24. The number of anilines is 1. The van der Waals surface area contributed by atoms with E-state index < -0.39 is 0 Å². The molecule has 0 fully saturated rings. The van der Waals surface area contributed by atoms with Gasteiger partial charge in [0, 0.05) is 24.3 Å². The Kier molecular flexibility index (Phi) is 4.68. The quantitative estimate of drug-likeness (QED) is 0.887. The summed E-state index contributed by atoms with van der Waals surface area (Å²) < 4.78 is 0.782. The summed E-state index contributed by atoms with van der Waals surface area (Å²) in [5.74, 6) is -0.0840. The molecule has 0 bridgehead atoms. The Labute approximate surface area is 128 Å². The summed E-state index contributed by atoms with van der Waals surface area (Å²) in [6, 6.07) is 7.74. The van der Waals surface area contributed by atoms with Gasteiger partial charge in [0.1, 0.15) is 0 Å². The van der Waals surface area contributed by atoms with Crippen LogP contribution in [0, 0.1) is 6.92 Å². The highest BCUT2D eigenvalue weighted by molar-refractivity contribution is 7.14. The van der Waals surface area contributed by atoms with Crippen LogP contribution in [0.1, 0.15) is 34.5 Å². The molecule has 20 heavy (non-hydrogen) atoms. The van der Waals surface area contributed by atoms with Gasteiger partial charge in [-0.05, 0) is 48.6 Å². The van der Waals surface area contributed by atoms with Gasteiger partial charge >= 0.3 is 0 Å². The molecule has 0 aliphatic rings. The third-order valence-electron chi connectivity index (χ3n) is 3.19. The van der Waals surface area contributed by atoms with Gasteiger partial charge in [0.15, 0.2) is 0 Å². The van der Waals surface area contributed by atoms with Crippen molar-refractivity contribution in [3.63, 3.8) is 0 Å². The molecule has 106 valence electrons. The van der Waals surface area contributed by atoms with Crippen LogP contribution in [0.15, 0.2) is 29.6 Å². The van der Waals surface area contributed by atoms with Crippen molar-refractivity contribution in [2.45, 2.75) is 19.9 Å². The van der Waals surface area contributed by atoms with Crippen molar-refractivity contribution < 1.29 is 4.79 Å². The van der Waals surface area contributed by atoms with Gasteiger partial charge in [0.05, 0.1) is 4.34 Å². The lowest BCUT2D eigenvalue weighted by atomic mass is 10.1. The van der Waals surface area contributed by atoms with E-state index in [4.69, 9.17) is 11.6 Å². The Morgan fingerprint density at radius 1 is 1.35 bits per heavy atom. The topological polar surface area (TPSA) is 41.1 Å². The number of nitrogens with one attached hydrogen (secondary N) is 2. The van der Waals surface area contributed by atoms with Crippen molar-refractivity contribution in [1.82, 2.24) is 5.32 Å². The number of aryl methyl sites for hydroxylation is 1. The summed E-state index contributed by atoms with van der Waals surface area (Å²) in [4.78, 5) is 11.7. The van der Waals surface area contributed by atoms with Crippen LogP contribution in [0.4, 0.5) is 5.69 Å². The number of carbonyl (C=O) groups excluding carboxylic acids is 1. The second-order valence-corrected chi connectivity index (χ2v) is 6.20. The van der Waals surface area contributed by atoms with E-state index in [0.29, 0.717) is 5.56 Å². The van der Waals surface area contributed by atoms with E-state index in [1.54, 1.807) is 7.05 Å². The zero-order valence-electron chi connectivity index (χ0n) is 11.7. The van der Waals surface area contributed by atoms with Gasteiger partial charge in [-0.25, -0.2) is 0 Å². The predicted molar refractivity (Wildman–Crippen MR) is 85.9 cm³/mol. The van der Waals surface area contributed by atoms with Crippen LogP contribution >= 0.6 is 22.9 Å². The molecule has 0 aliphatic heterocycles. The van der Waals surface area contributed by atoms with E-state index in [1.807, 2.05) is 36.6 Å². The van der Waals surface area contributed by atoms with Crippen molar-refractivity contribution in [2.75, 3.05) is 12.4 Å². The normalized spacial score (nSPS) is 12.0. The SMILES string of the molecule is CNC(=O)c1ccc(C)c(NC(C)c2csc(Cl)c2)c1. The first-order chi connectivity index (χ1) is 9.51. The number of benzene rings is 1. The summed E-state index contributed by atoms with van der Waals surface area (Å²) >= 11 is 7.48. The second-order valence-electron chi connectivity index (χ2n) is 4.66. The van der Waals surface area contributed by atoms with E-state index in [0.717, 1.165) is 21.2 Å². The van der Waals surface area contributed by atoms with Gasteiger partial charge in [-0.15, -0.1) is 11.3 Å². The molecule has 1 heterocycles. The maximum Gasteiger partial charge on any atom is 0.251 e. The van der Waals surface area contributed by atoms with Crippen molar-refractivity contribution in [3.8, 4) is 0 Å². The number of amides is 1. The van der Waals surface area contributed by atoms with E-state index in [9.17, 15) is 4.79 Å². The summed E-state index contributed by atoms with van der Waals surface area (Å²) in [6.45, 7) is 4.09. The Morgan fingerprint density at radius 3 is 2.70 bits per heavy atom. The first-order valence-corrected chi connectivity index (χ1v) is 7.60. The van der Waals surface area contributed by atoms with Crippen LogP contribution in [0.5, 0.6) is 0 Å². The van der Waals surface area contributed by atoms with Crippen LogP contribution in [-0.4, -0.2) is 13.0 Å². The molecule has 0 radical (unpaired) electrons. The molecule has 2 N–H and O–H groups in total. The van der Waals surface area contributed by atoms with Crippen LogP contribution in [0.3, 0.4) is 0 Å². The van der Waals surface area contributed by atoms with Crippen LogP contribution < -0.4 is 10.6 Å². The Morgan fingerprint density at radius 2 is 2.10 bits per heavy atom. The second kappa shape index (κ2) is 6.29. The van der Waals surface area contributed by atoms with E-state index in [-0.39, 0.29) is 11.9 Å². The van der Waals surface area contributed by atoms with E-state index in [1.165, 1.54) is 11.3 Å². The number of carbonyl (C=O) groups is 1. The zero-order valence-corrected chi connectivity index (χ0v) is 13.2. The van der Waals surface area contributed by atoms with Gasteiger partial charge in [0.2, 0.25) is 0 Å². The summed E-state index contributed by atoms with van der Waals surface area (Å²) in [7, 11) is 1.63. The molecule has 0 spiro atoms. The monoisotopic (exact) mass is 308 g/mol. The highest BCUT2D eigenvalue weighted by Crippen LogP contribution is 2.28. The number of hydrogen-bond donors (Lipinski definition) is 2. The highest BCUT2D eigenvalue weighted by Gasteiger charge is 2.11. The molecule has 1 amide bonds. The largest absolute Gasteiger partial charge is 0.378 e. The molecule has 1 aromatic carbocycles. The van der Waals surface area contributed by atoms with Crippen molar-refractivity contribution in [3.05, 3.63) is 50.7 Å². The number of halogens is 1. The summed E-state index contributed by atoms with van der Waals surface area (Å²) in [5.41, 5.74) is 3.85. The first kappa shape index (κ1) is 14.9. The molecule has 2 aromatic rings. The van der Waals surface area contributed by atoms with Crippen LogP contribution in [-0.2, 0) is 0 Å². The number of rotatable bonds is 4. The van der Waals surface area contributed by atoms with Crippen molar-refractivity contribution >= 4 is 34.5 Å². The van der Waals surface area contributed by atoms with E-state index in [2.05, 4.69) is 17.6 Å². The lowest BCUT2D eigenvalue weighted by Crippen LogP contribution is -2.18. The molecular weight excluding hydrogens is 292 g/mol. The molecule has 0 saturated carbocycles. The molecule has 0 saturated heterocycles. The van der Waals surface area contributed by atoms with E-state index >= 15 is 0 Å². The maximum atomic E-state index is 11.7. The fourth-order valence-electron chi connectivity index (χ4n) is 1.93. The molecule has 1 atom stereocenters. The molecular formula is C15H17ClN2OS. The minimum Gasteiger partial charge on any atom is -0.378 e. The standard InChI is InChI=1S/C15H17ClN2OS/c1-9-4-5-11(15(19)17-3)6-13(9)18-10(2)12-7-14(16)20-8-12/h4-8,10,18H,1-3H3,(H,17,19). The smallest absolute Gasteiger partial charge is 0.251 e. The van der Waals surface area contributed by atoms with Crippen LogP contribution in [0.25, 0.3) is 0 Å². The molecule has 1 unspecified atom stereocenters. The molecule has 0 aliphatic carbocycles. The fraction of sp³-hybridized carbons (Fsp3) is 0.267. The van der Waals surface area contributed by atoms with Gasteiger partial charge in [-0.3, -0.25) is 4.79 Å². The van der Waals surface area contributed by atoms with Gasteiger partial charge in [-0.1, -0.05) is 17.7 Å². The minimum absolute atomic E-state index is 0.0840. The molecule has 1 aromatic heterocycles. The van der Waals surface area contributed by atoms with Crippen molar-refractivity contribution in [2.24, 2.45) is 0 Å². The first-order valence-electron chi connectivity index (χ1n) is 6.34. The molecule has 2 rings (SSSR count). The molecule has 3 nitrogen and oxygen atoms in total.